The summed E-state index contributed by atoms with van der Waals surface area (Å²) in [6.45, 7) is 17.9. The van der Waals surface area contributed by atoms with E-state index < -0.39 is 0 Å². The maximum absolute atomic E-state index is 4.54. The number of rotatable bonds is 9. The lowest BCUT2D eigenvalue weighted by molar-refractivity contribution is 0.572. The topological polar surface area (TPSA) is 24.9 Å². The van der Waals surface area contributed by atoms with Gasteiger partial charge in [0.25, 0.3) is 0 Å². The Balaban J connectivity index is 2.88. The van der Waals surface area contributed by atoms with Crippen molar-refractivity contribution in [3.63, 3.8) is 0 Å². The van der Waals surface area contributed by atoms with Gasteiger partial charge in [-0.05, 0) is 37.5 Å². The second-order valence-corrected chi connectivity index (χ2v) is 5.54. The van der Waals surface area contributed by atoms with Crippen molar-refractivity contribution in [1.29, 1.82) is 0 Å². The number of hydrogen-bond acceptors (Lipinski definition) is 2. The van der Waals surface area contributed by atoms with Crippen LogP contribution in [0.2, 0.25) is 0 Å². The molecule has 1 heterocycles. The monoisotopic (exact) mass is 320 g/mol. The molecule has 1 rings (SSSR count). The Morgan fingerprint density at radius 1 is 1.25 bits per heavy atom. The summed E-state index contributed by atoms with van der Waals surface area (Å²) in [6.07, 6.45) is 15.6. The van der Waals surface area contributed by atoms with Crippen molar-refractivity contribution in [1.82, 2.24) is 10.3 Å². The Morgan fingerprint density at radius 3 is 2.50 bits per heavy atom. The summed E-state index contributed by atoms with van der Waals surface area (Å²) in [5.41, 5.74) is 3.81. The van der Waals surface area contributed by atoms with Crippen LogP contribution in [0.1, 0.15) is 32.0 Å². The van der Waals surface area contributed by atoms with Crippen molar-refractivity contribution < 1.29 is 0 Å². The van der Waals surface area contributed by atoms with Gasteiger partial charge in [-0.2, -0.15) is 0 Å². The SMILES string of the molecule is C=C/C=C\C(=C/C)c1ccc(C(=C)NC(C=C)C(C)/C=C/C)cn1. The molecule has 0 aromatic carbocycles. The molecule has 0 aliphatic rings. The molecule has 0 amide bonds. The zero-order valence-electron chi connectivity index (χ0n) is 15.0. The molecule has 2 unspecified atom stereocenters. The Labute approximate surface area is 146 Å². The van der Waals surface area contributed by atoms with Gasteiger partial charge in [-0.15, -0.1) is 6.58 Å². The van der Waals surface area contributed by atoms with Gasteiger partial charge in [0, 0.05) is 17.5 Å². The Morgan fingerprint density at radius 2 is 2.00 bits per heavy atom. The highest BCUT2D eigenvalue weighted by Gasteiger charge is 2.12. The molecule has 2 heteroatoms. The molecule has 1 aromatic rings. The van der Waals surface area contributed by atoms with E-state index in [2.05, 4.69) is 49.1 Å². The van der Waals surface area contributed by atoms with E-state index in [-0.39, 0.29) is 6.04 Å². The van der Waals surface area contributed by atoms with E-state index in [0.717, 1.165) is 22.5 Å². The van der Waals surface area contributed by atoms with Crippen LogP contribution < -0.4 is 5.32 Å². The third-order valence-corrected chi connectivity index (χ3v) is 3.79. The van der Waals surface area contributed by atoms with E-state index in [1.165, 1.54) is 0 Å². The number of aromatic nitrogens is 1. The predicted octanol–water partition coefficient (Wildman–Crippen LogP) is 5.55. The smallest absolute Gasteiger partial charge is 0.0699 e. The highest BCUT2D eigenvalue weighted by molar-refractivity contribution is 5.72. The van der Waals surface area contributed by atoms with E-state index >= 15 is 0 Å². The van der Waals surface area contributed by atoms with Crippen molar-refractivity contribution in [2.45, 2.75) is 26.8 Å². The highest BCUT2D eigenvalue weighted by Crippen LogP contribution is 2.18. The number of pyridine rings is 1. The predicted molar refractivity (Wildman–Crippen MR) is 107 cm³/mol. The lowest BCUT2D eigenvalue weighted by atomic mass is 10.0. The molecule has 0 aliphatic carbocycles. The van der Waals surface area contributed by atoms with Gasteiger partial charge in [0.05, 0.1) is 11.7 Å². The molecule has 0 bridgehead atoms. The van der Waals surface area contributed by atoms with Gasteiger partial charge in [-0.1, -0.05) is 62.6 Å². The molecule has 2 atom stereocenters. The van der Waals surface area contributed by atoms with Gasteiger partial charge in [-0.25, -0.2) is 0 Å². The number of allylic oxidation sites excluding steroid dienone is 6. The fourth-order valence-corrected chi connectivity index (χ4v) is 2.36. The fraction of sp³-hybridized carbons (Fsp3) is 0.227. The highest BCUT2D eigenvalue weighted by atomic mass is 14.9. The summed E-state index contributed by atoms with van der Waals surface area (Å²) in [5.74, 6) is 0.343. The minimum atomic E-state index is 0.134. The van der Waals surface area contributed by atoms with Gasteiger partial charge in [0.2, 0.25) is 0 Å². The average Bonchev–Trinajstić information content (AvgIpc) is 2.60. The molecule has 24 heavy (non-hydrogen) atoms. The average molecular weight is 320 g/mol. The van der Waals surface area contributed by atoms with Gasteiger partial charge in [-0.3, -0.25) is 4.98 Å². The zero-order valence-corrected chi connectivity index (χ0v) is 15.0. The maximum Gasteiger partial charge on any atom is 0.0699 e. The van der Waals surface area contributed by atoms with E-state index in [9.17, 15) is 0 Å². The van der Waals surface area contributed by atoms with Crippen LogP contribution in [0.5, 0.6) is 0 Å². The largest absolute Gasteiger partial charge is 0.378 e. The molecule has 0 spiro atoms. The third kappa shape index (κ3) is 5.54. The third-order valence-electron chi connectivity index (χ3n) is 3.79. The van der Waals surface area contributed by atoms with Gasteiger partial charge in [0.15, 0.2) is 0 Å². The Kier molecular flexibility index (Phi) is 8.28. The standard InChI is InChI=1S/C22H28N2/c1-7-11-13-19(9-3)22-15-14-20(16-23-22)18(6)24-21(10-4)17(5)12-8-2/h7-17,21,24H,1,4,6H2,2-3,5H3/b12-8+,13-11-,19-9+. The fourth-order valence-electron chi connectivity index (χ4n) is 2.36. The maximum atomic E-state index is 4.54. The molecule has 0 saturated heterocycles. The molecule has 0 radical (unpaired) electrons. The lowest BCUT2D eigenvalue weighted by Crippen LogP contribution is -2.30. The molecule has 1 N–H and O–H groups in total. The van der Waals surface area contributed by atoms with Crippen LogP contribution in [-0.4, -0.2) is 11.0 Å². The number of hydrogen-bond donors (Lipinski definition) is 1. The Hall–Kier alpha value is -2.61. The van der Waals surface area contributed by atoms with Crippen molar-refractivity contribution >= 4 is 11.3 Å². The molecule has 2 nitrogen and oxygen atoms in total. The van der Waals surface area contributed by atoms with E-state index in [1.54, 1.807) is 6.08 Å². The molecular formula is C22H28N2. The van der Waals surface area contributed by atoms with Crippen molar-refractivity contribution in [3.8, 4) is 0 Å². The van der Waals surface area contributed by atoms with E-state index in [1.807, 2.05) is 56.5 Å². The first-order chi connectivity index (χ1) is 11.6. The second kappa shape index (κ2) is 10.2. The van der Waals surface area contributed by atoms with E-state index in [0.29, 0.717) is 5.92 Å². The van der Waals surface area contributed by atoms with Crippen LogP contribution in [0, 0.1) is 5.92 Å². The van der Waals surface area contributed by atoms with Crippen molar-refractivity contribution in [2.24, 2.45) is 5.92 Å². The summed E-state index contributed by atoms with van der Waals surface area (Å²) in [5, 5.41) is 3.42. The van der Waals surface area contributed by atoms with Crippen LogP contribution in [0.15, 0.2) is 80.6 Å². The first kappa shape index (κ1) is 19.4. The second-order valence-electron chi connectivity index (χ2n) is 5.54. The summed E-state index contributed by atoms with van der Waals surface area (Å²) in [6, 6.07) is 4.17. The quantitative estimate of drug-likeness (QED) is 0.476. The molecule has 0 saturated carbocycles. The summed E-state index contributed by atoms with van der Waals surface area (Å²) in [4.78, 5) is 4.54. The normalized spacial score (nSPS) is 14.5. The van der Waals surface area contributed by atoms with E-state index in [4.69, 9.17) is 0 Å². The summed E-state index contributed by atoms with van der Waals surface area (Å²) in [7, 11) is 0. The molecule has 1 aromatic heterocycles. The summed E-state index contributed by atoms with van der Waals surface area (Å²) >= 11 is 0. The van der Waals surface area contributed by atoms with Crippen LogP contribution in [0.4, 0.5) is 0 Å². The van der Waals surface area contributed by atoms with Crippen LogP contribution in [0.3, 0.4) is 0 Å². The van der Waals surface area contributed by atoms with Gasteiger partial charge < -0.3 is 5.32 Å². The molecule has 126 valence electrons. The van der Waals surface area contributed by atoms with Crippen LogP contribution in [-0.2, 0) is 0 Å². The first-order valence-corrected chi connectivity index (χ1v) is 8.20. The molecule has 0 aliphatic heterocycles. The van der Waals surface area contributed by atoms with Gasteiger partial charge in [0.1, 0.15) is 0 Å². The molecular weight excluding hydrogens is 292 g/mol. The zero-order chi connectivity index (χ0) is 17.9. The van der Waals surface area contributed by atoms with Crippen LogP contribution >= 0.6 is 0 Å². The first-order valence-electron chi connectivity index (χ1n) is 8.20. The minimum Gasteiger partial charge on any atom is -0.378 e. The number of nitrogens with one attached hydrogen (secondary N) is 1. The number of nitrogens with zero attached hydrogens (tertiary/aromatic N) is 1. The molecule has 0 fully saturated rings. The lowest BCUT2D eigenvalue weighted by Gasteiger charge is -2.22. The van der Waals surface area contributed by atoms with Gasteiger partial charge >= 0.3 is 0 Å². The van der Waals surface area contributed by atoms with Crippen LogP contribution in [0.25, 0.3) is 11.3 Å². The summed E-state index contributed by atoms with van der Waals surface area (Å²) < 4.78 is 0. The van der Waals surface area contributed by atoms with Crippen molar-refractivity contribution in [3.05, 3.63) is 91.9 Å². The van der Waals surface area contributed by atoms with Crippen molar-refractivity contribution in [2.75, 3.05) is 0 Å². The Bertz CT molecular complexity index is 645. The minimum absolute atomic E-state index is 0.134.